The van der Waals surface area contributed by atoms with Gasteiger partial charge >= 0.3 is 0 Å². The lowest BCUT2D eigenvalue weighted by molar-refractivity contribution is 0.953. The third kappa shape index (κ3) is 1.91. The molecule has 0 saturated heterocycles. The lowest BCUT2D eigenvalue weighted by atomic mass is 10.2. The summed E-state index contributed by atoms with van der Waals surface area (Å²) in [7, 11) is 0. The number of fused-ring (bicyclic) bond motifs is 1. The normalized spacial score (nSPS) is 11.2. The van der Waals surface area contributed by atoms with E-state index in [-0.39, 0.29) is 0 Å². The van der Waals surface area contributed by atoms with Crippen LogP contribution in [0.15, 0.2) is 23.6 Å². The summed E-state index contributed by atoms with van der Waals surface area (Å²) >= 11 is 1.63. The smallest absolute Gasteiger partial charge is 0.158 e. The molecule has 0 amide bonds. The summed E-state index contributed by atoms with van der Waals surface area (Å²) in [5.41, 5.74) is 9.68. The lowest BCUT2D eigenvalue weighted by Gasteiger charge is -1.90. The number of rotatable bonds is 3. The van der Waals surface area contributed by atoms with E-state index in [1.165, 1.54) is 5.56 Å². The van der Waals surface area contributed by atoms with Crippen LogP contribution in [0, 0.1) is 6.92 Å². The second kappa shape index (κ2) is 4.51. The molecule has 3 N–H and O–H groups in total. The van der Waals surface area contributed by atoms with Gasteiger partial charge in [-0.1, -0.05) is 12.1 Å². The zero-order valence-electron chi connectivity index (χ0n) is 10.1. The molecule has 0 saturated carbocycles. The Morgan fingerprint density at radius 2 is 2.22 bits per heavy atom. The molecule has 1 aromatic carbocycles. The predicted molar refractivity (Wildman–Crippen MR) is 74.7 cm³/mol. The van der Waals surface area contributed by atoms with E-state index < -0.39 is 0 Å². The van der Waals surface area contributed by atoms with Gasteiger partial charge in [0.15, 0.2) is 5.82 Å². The Morgan fingerprint density at radius 1 is 1.33 bits per heavy atom. The van der Waals surface area contributed by atoms with Crippen molar-refractivity contribution >= 4 is 22.4 Å². The highest BCUT2D eigenvalue weighted by Crippen LogP contribution is 2.23. The van der Waals surface area contributed by atoms with E-state index in [9.17, 15) is 0 Å². The minimum atomic E-state index is 0.631. The van der Waals surface area contributed by atoms with Crippen molar-refractivity contribution in [1.29, 1.82) is 0 Å². The summed E-state index contributed by atoms with van der Waals surface area (Å²) in [6.45, 7) is 2.69. The molecule has 0 aliphatic rings. The molecular formula is C13H14N4S. The summed E-state index contributed by atoms with van der Waals surface area (Å²) in [5, 5.41) is 3.09. The molecule has 0 spiro atoms. The van der Waals surface area contributed by atoms with Gasteiger partial charge in [-0.05, 0) is 25.1 Å². The van der Waals surface area contributed by atoms with Crippen LogP contribution in [-0.2, 0) is 6.42 Å². The second-order valence-corrected chi connectivity index (χ2v) is 5.16. The standard InChI is InChI=1S/C13H14N4S/c1-8-3-2-4-9-12(8)17-13(16-9)10-7-18-11(15-10)5-6-14/h2-4,7H,5-6,14H2,1H3,(H,16,17). The topological polar surface area (TPSA) is 67.6 Å². The summed E-state index contributed by atoms with van der Waals surface area (Å²) in [5.74, 6) is 0.832. The van der Waals surface area contributed by atoms with E-state index in [1.54, 1.807) is 11.3 Å². The Morgan fingerprint density at radius 3 is 3.00 bits per heavy atom. The highest BCUT2D eigenvalue weighted by molar-refractivity contribution is 7.09. The van der Waals surface area contributed by atoms with Gasteiger partial charge in [-0.25, -0.2) is 9.97 Å². The number of benzene rings is 1. The van der Waals surface area contributed by atoms with Gasteiger partial charge in [0.25, 0.3) is 0 Å². The number of aromatic amines is 1. The molecule has 0 radical (unpaired) electrons. The fourth-order valence-electron chi connectivity index (χ4n) is 1.95. The quantitative estimate of drug-likeness (QED) is 0.758. The number of aryl methyl sites for hydroxylation is 1. The third-order valence-electron chi connectivity index (χ3n) is 2.87. The molecule has 0 atom stereocenters. The third-order valence-corrected chi connectivity index (χ3v) is 3.78. The van der Waals surface area contributed by atoms with Gasteiger partial charge in [0.2, 0.25) is 0 Å². The first-order valence-electron chi connectivity index (χ1n) is 5.88. The van der Waals surface area contributed by atoms with Crippen LogP contribution in [0.3, 0.4) is 0 Å². The number of aromatic nitrogens is 3. The van der Waals surface area contributed by atoms with Crippen molar-refractivity contribution in [1.82, 2.24) is 15.0 Å². The van der Waals surface area contributed by atoms with Crippen LogP contribution in [0.1, 0.15) is 10.6 Å². The number of hydrogen-bond donors (Lipinski definition) is 2. The average molecular weight is 258 g/mol. The van der Waals surface area contributed by atoms with Gasteiger partial charge in [0, 0.05) is 11.8 Å². The maximum atomic E-state index is 5.53. The number of thiazole rings is 1. The van der Waals surface area contributed by atoms with E-state index in [2.05, 4.69) is 27.9 Å². The van der Waals surface area contributed by atoms with Crippen LogP contribution in [0.5, 0.6) is 0 Å². The Balaban J connectivity index is 2.05. The van der Waals surface area contributed by atoms with Crippen LogP contribution < -0.4 is 5.73 Å². The molecule has 18 heavy (non-hydrogen) atoms. The van der Waals surface area contributed by atoms with Crippen LogP contribution in [0.2, 0.25) is 0 Å². The number of para-hydroxylation sites is 1. The highest BCUT2D eigenvalue weighted by atomic mass is 32.1. The largest absolute Gasteiger partial charge is 0.337 e. The molecular weight excluding hydrogens is 244 g/mol. The van der Waals surface area contributed by atoms with Crippen molar-refractivity contribution in [3.8, 4) is 11.5 Å². The molecule has 0 aliphatic heterocycles. The molecule has 3 rings (SSSR count). The Kier molecular flexibility index (Phi) is 2.85. The molecule has 0 aliphatic carbocycles. The molecule has 5 heteroatoms. The van der Waals surface area contributed by atoms with E-state index in [0.717, 1.165) is 34.0 Å². The summed E-state index contributed by atoms with van der Waals surface area (Å²) < 4.78 is 0. The van der Waals surface area contributed by atoms with Crippen molar-refractivity contribution in [3.05, 3.63) is 34.2 Å². The maximum absolute atomic E-state index is 5.53. The summed E-state index contributed by atoms with van der Waals surface area (Å²) in [6.07, 6.45) is 0.823. The van der Waals surface area contributed by atoms with Crippen molar-refractivity contribution < 1.29 is 0 Å². The second-order valence-electron chi connectivity index (χ2n) is 4.22. The Hall–Kier alpha value is -1.72. The van der Waals surface area contributed by atoms with Crippen LogP contribution in [-0.4, -0.2) is 21.5 Å². The van der Waals surface area contributed by atoms with Gasteiger partial charge in [-0.2, -0.15) is 0 Å². The molecule has 2 aromatic heterocycles. The van der Waals surface area contributed by atoms with Crippen LogP contribution >= 0.6 is 11.3 Å². The Bertz CT molecular complexity index is 683. The number of imidazole rings is 1. The first-order chi connectivity index (χ1) is 8.78. The molecule has 92 valence electrons. The zero-order chi connectivity index (χ0) is 12.5. The highest BCUT2D eigenvalue weighted by Gasteiger charge is 2.10. The lowest BCUT2D eigenvalue weighted by Crippen LogP contribution is -2.02. The van der Waals surface area contributed by atoms with Crippen molar-refractivity contribution in [3.63, 3.8) is 0 Å². The molecule has 0 unspecified atom stereocenters. The van der Waals surface area contributed by atoms with Gasteiger partial charge in [-0.15, -0.1) is 11.3 Å². The van der Waals surface area contributed by atoms with Crippen molar-refractivity contribution in [2.24, 2.45) is 5.73 Å². The number of nitrogens with one attached hydrogen (secondary N) is 1. The monoisotopic (exact) mass is 258 g/mol. The van der Waals surface area contributed by atoms with E-state index >= 15 is 0 Å². The Labute approximate surface area is 109 Å². The average Bonchev–Trinajstić information content (AvgIpc) is 2.96. The van der Waals surface area contributed by atoms with Gasteiger partial charge < -0.3 is 10.7 Å². The van der Waals surface area contributed by atoms with Gasteiger partial charge in [0.05, 0.1) is 16.0 Å². The maximum Gasteiger partial charge on any atom is 0.158 e. The zero-order valence-corrected chi connectivity index (χ0v) is 10.9. The number of hydrogen-bond acceptors (Lipinski definition) is 4. The minimum absolute atomic E-state index is 0.631. The van der Waals surface area contributed by atoms with E-state index in [0.29, 0.717) is 6.54 Å². The summed E-state index contributed by atoms with van der Waals surface area (Å²) in [4.78, 5) is 12.5. The van der Waals surface area contributed by atoms with Gasteiger partial charge in [0.1, 0.15) is 5.69 Å². The predicted octanol–water partition coefficient (Wildman–Crippen LogP) is 2.50. The number of nitrogens with zero attached hydrogens (tertiary/aromatic N) is 2. The molecule has 0 bridgehead atoms. The van der Waals surface area contributed by atoms with E-state index in [4.69, 9.17) is 5.73 Å². The molecule has 2 heterocycles. The van der Waals surface area contributed by atoms with Crippen LogP contribution in [0.25, 0.3) is 22.6 Å². The summed E-state index contributed by atoms with van der Waals surface area (Å²) in [6, 6.07) is 6.13. The van der Waals surface area contributed by atoms with Crippen molar-refractivity contribution in [2.75, 3.05) is 6.54 Å². The minimum Gasteiger partial charge on any atom is -0.337 e. The molecule has 3 aromatic rings. The fourth-order valence-corrected chi connectivity index (χ4v) is 2.75. The fraction of sp³-hybridized carbons (Fsp3) is 0.231. The van der Waals surface area contributed by atoms with Crippen LogP contribution in [0.4, 0.5) is 0 Å². The first-order valence-corrected chi connectivity index (χ1v) is 6.76. The first kappa shape index (κ1) is 11.4. The number of nitrogens with two attached hydrogens (primary N) is 1. The molecule has 0 fully saturated rings. The SMILES string of the molecule is Cc1cccc2[nH]c(-c3csc(CCN)n3)nc12. The number of H-pyrrole nitrogens is 1. The van der Waals surface area contributed by atoms with E-state index in [1.807, 2.05) is 17.5 Å². The molecule has 4 nitrogen and oxygen atoms in total. The van der Waals surface area contributed by atoms with Crippen molar-refractivity contribution in [2.45, 2.75) is 13.3 Å². The van der Waals surface area contributed by atoms with Gasteiger partial charge in [-0.3, -0.25) is 0 Å².